The van der Waals surface area contributed by atoms with Crippen LogP contribution in [0.2, 0.25) is 5.02 Å². The van der Waals surface area contributed by atoms with Gasteiger partial charge < -0.3 is 14.7 Å². The van der Waals surface area contributed by atoms with Gasteiger partial charge in [0.1, 0.15) is 0 Å². The predicted molar refractivity (Wildman–Crippen MR) is 78.5 cm³/mol. The molecule has 0 aromatic heterocycles. The molecule has 4 nitrogen and oxygen atoms in total. The summed E-state index contributed by atoms with van der Waals surface area (Å²) in [6.07, 6.45) is 2.84. The Morgan fingerprint density at radius 1 is 1.50 bits per heavy atom. The van der Waals surface area contributed by atoms with Gasteiger partial charge in [0.05, 0.1) is 18.8 Å². The maximum Gasteiger partial charge on any atom is 0.246 e. The lowest BCUT2D eigenvalue weighted by atomic mass is 10.2. The van der Waals surface area contributed by atoms with E-state index in [9.17, 15) is 4.79 Å². The molecule has 5 heteroatoms. The lowest BCUT2D eigenvalue weighted by molar-refractivity contribution is -0.142. The topological polar surface area (TPSA) is 49.8 Å². The van der Waals surface area contributed by atoms with E-state index in [4.69, 9.17) is 21.4 Å². The maximum atomic E-state index is 12.1. The van der Waals surface area contributed by atoms with E-state index in [0.29, 0.717) is 18.1 Å². The Labute approximate surface area is 123 Å². The lowest BCUT2D eigenvalue weighted by Gasteiger charge is -2.35. The molecular weight excluding hydrogens is 278 g/mol. The molecule has 2 rings (SSSR count). The minimum atomic E-state index is -0.309. The summed E-state index contributed by atoms with van der Waals surface area (Å²) in [5.41, 5.74) is 0.808. The summed E-state index contributed by atoms with van der Waals surface area (Å²) in [5.74, 6) is -0.0986. The van der Waals surface area contributed by atoms with Gasteiger partial charge in [-0.25, -0.2) is 0 Å². The van der Waals surface area contributed by atoms with E-state index in [1.165, 1.54) is 6.08 Å². The molecule has 108 valence electrons. The highest BCUT2D eigenvalue weighted by molar-refractivity contribution is 6.32. The fourth-order valence-corrected chi connectivity index (χ4v) is 2.40. The highest BCUT2D eigenvalue weighted by Gasteiger charge is 2.26. The van der Waals surface area contributed by atoms with Gasteiger partial charge in [-0.1, -0.05) is 29.8 Å². The van der Waals surface area contributed by atoms with Crippen molar-refractivity contribution in [2.24, 2.45) is 0 Å². The molecule has 1 heterocycles. The molecule has 1 aromatic rings. The summed E-state index contributed by atoms with van der Waals surface area (Å²) in [6.45, 7) is 2.75. The third kappa shape index (κ3) is 3.82. The molecule has 0 radical (unpaired) electrons. The third-order valence-electron chi connectivity index (χ3n) is 3.15. The van der Waals surface area contributed by atoms with Crippen LogP contribution in [0.5, 0.6) is 0 Å². The quantitative estimate of drug-likeness (QED) is 0.867. The Hall–Kier alpha value is -1.36. The fraction of sp³-hybridized carbons (Fsp3) is 0.400. The van der Waals surface area contributed by atoms with Crippen LogP contribution >= 0.6 is 11.6 Å². The average molecular weight is 296 g/mol. The highest BCUT2D eigenvalue weighted by atomic mass is 35.5. The molecule has 0 bridgehead atoms. The number of hydrogen-bond acceptors (Lipinski definition) is 3. The van der Waals surface area contributed by atoms with Gasteiger partial charge in [0.15, 0.2) is 0 Å². The first kappa shape index (κ1) is 15.0. The molecule has 1 fully saturated rings. The van der Waals surface area contributed by atoms with Gasteiger partial charge in [0, 0.05) is 24.2 Å². The van der Waals surface area contributed by atoms with Crippen LogP contribution in [0.25, 0.3) is 6.08 Å². The van der Waals surface area contributed by atoms with E-state index in [1.54, 1.807) is 17.0 Å². The first-order chi connectivity index (χ1) is 9.60. The first-order valence-corrected chi connectivity index (χ1v) is 6.95. The molecule has 1 aromatic carbocycles. The van der Waals surface area contributed by atoms with Crippen LogP contribution in [0.4, 0.5) is 0 Å². The largest absolute Gasteiger partial charge is 0.394 e. The normalized spacial score (nSPS) is 23.2. The first-order valence-electron chi connectivity index (χ1n) is 6.58. The number of carbonyl (C=O) groups is 1. The molecular formula is C15H18ClNO3. The minimum absolute atomic E-state index is 0.0708. The van der Waals surface area contributed by atoms with Crippen molar-refractivity contribution in [2.45, 2.75) is 19.1 Å². The van der Waals surface area contributed by atoms with Crippen LogP contribution in [0, 0.1) is 0 Å². The van der Waals surface area contributed by atoms with Gasteiger partial charge in [0.2, 0.25) is 5.91 Å². The third-order valence-corrected chi connectivity index (χ3v) is 3.50. The van der Waals surface area contributed by atoms with Crippen molar-refractivity contribution in [1.29, 1.82) is 0 Å². The molecule has 1 saturated heterocycles. The van der Waals surface area contributed by atoms with E-state index in [2.05, 4.69) is 0 Å². The van der Waals surface area contributed by atoms with Crippen molar-refractivity contribution in [3.8, 4) is 0 Å². The number of carbonyl (C=O) groups excluding carboxylic acids is 1. The minimum Gasteiger partial charge on any atom is -0.394 e. The zero-order valence-electron chi connectivity index (χ0n) is 11.3. The second-order valence-electron chi connectivity index (χ2n) is 4.85. The summed E-state index contributed by atoms with van der Waals surface area (Å²) < 4.78 is 5.51. The molecule has 0 saturated carbocycles. The molecule has 1 aliphatic rings. The van der Waals surface area contributed by atoms with Gasteiger partial charge in [0.25, 0.3) is 0 Å². The van der Waals surface area contributed by atoms with Gasteiger partial charge >= 0.3 is 0 Å². The molecule has 2 unspecified atom stereocenters. The van der Waals surface area contributed by atoms with E-state index in [-0.39, 0.29) is 24.7 Å². The van der Waals surface area contributed by atoms with Crippen molar-refractivity contribution in [1.82, 2.24) is 4.90 Å². The van der Waals surface area contributed by atoms with Gasteiger partial charge in [-0.3, -0.25) is 4.79 Å². The van der Waals surface area contributed by atoms with E-state index in [1.807, 2.05) is 25.1 Å². The number of morpholine rings is 1. The number of nitrogens with zero attached hydrogens (tertiary/aromatic N) is 1. The maximum absolute atomic E-state index is 12.1. The fourth-order valence-electron chi connectivity index (χ4n) is 2.20. The van der Waals surface area contributed by atoms with Crippen LogP contribution in [-0.2, 0) is 9.53 Å². The molecule has 0 spiro atoms. The van der Waals surface area contributed by atoms with Crippen molar-refractivity contribution in [3.05, 3.63) is 40.9 Å². The van der Waals surface area contributed by atoms with Crippen molar-refractivity contribution < 1.29 is 14.6 Å². The summed E-state index contributed by atoms with van der Waals surface area (Å²) in [7, 11) is 0. The molecule has 0 aliphatic carbocycles. The second-order valence-corrected chi connectivity index (χ2v) is 5.26. The number of aliphatic hydroxyl groups excluding tert-OH is 1. The Morgan fingerprint density at radius 2 is 2.25 bits per heavy atom. The number of rotatable bonds is 3. The lowest BCUT2D eigenvalue weighted by Crippen LogP contribution is -2.49. The number of aliphatic hydroxyl groups is 1. The zero-order chi connectivity index (χ0) is 14.5. The number of ether oxygens (including phenoxy) is 1. The number of hydrogen-bond donors (Lipinski definition) is 1. The molecule has 1 N–H and O–H groups in total. The van der Waals surface area contributed by atoms with Gasteiger partial charge in [-0.2, -0.15) is 0 Å². The zero-order valence-corrected chi connectivity index (χ0v) is 12.1. The smallest absolute Gasteiger partial charge is 0.246 e. The summed E-state index contributed by atoms with van der Waals surface area (Å²) in [6, 6.07) is 7.35. The van der Waals surface area contributed by atoms with Gasteiger partial charge in [-0.05, 0) is 24.6 Å². The summed E-state index contributed by atoms with van der Waals surface area (Å²) in [5, 5.41) is 9.77. The number of halogens is 1. The Kier molecular flexibility index (Phi) is 5.17. The van der Waals surface area contributed by atoms with E-state index >= 15 is 0 Å². The summed E-state index contributed by atoms with van der Waals surface area (Å²) >= 11 is 6.03. The van der Waals surface area contributed by atoms with Crippen LogP contribution in [0.1, 0.15) is 12.5 Å². The number of benzene rings is 1. The van der Waals surface area contributed by atoms with Crippen LogP contribution in [-0.4, -0.2) is 47.8 Å². The predicted octanol–water partition coefficient (Wildman–Crippen LogP) is 1.96. The van der Waals surface area contributed by atoms with Crippen LogP contribution < -0.4 is 0 Å². The van der Waals surface area contributed by atoms with E-state index < -0.39 is 0 Å². The SMILES string of the molecule is CC1CN(C(=O)/C=C/c2ccccc2Cl)CC(CO)O1. The standard InChI is InChI=1S/C15H18ClNO3/c1-11-8-17(9-13(10-18)20-11)15(19)7-6-12-4-2-3-5-14(12)16/h2-7,11,13,18H,8-10H2,1H3/b7-6+. The second kappa shape index (κ2) is 6.88. The average Bonchev–Trinajstić information content (AvgIpc) is 2.45. The Balaban J connectivity index is 2.02. The number of amides is 1. The highest BCUT2D eigenvalue weighted by Crippen LogP contribution is 2.17. The van der Waals surface area contributed by atoms with Crippen molar-refractivity contribution >= 4 is 23.6 Å². The van der Waals surface area contributed by atoms with Crippen molar-refractivity contribution in [2.75, 3.05) is 19.7 Å². The molecule has 2 atom stereocenters. The van der Waals surface area contributed by atoms with Crippen molar-refractivity contribution in [3.63, 3.8) is 0 Å². The van der Waals surface area contributed by atoms with Crippen LogP contribution in [0.3, 0.4) is 0 Å². The Morgan fingerprint density at radius 3 is 2.95 bits per heavy atom. The Bertz CT molecular complexity index is 504. The molecule has 1 aliphatic heterocycles. The van der Waals surface area contributed by atoms with Crippen LogP contribution in [0.15, 0.2) is 30.3 Å². The summed E-state index contributed by atoms with van der Waals surface area (Å²) in [4.78, 5) is 13.8. The van der Waals surface area contributed by atoms with Gasteiger partial charge in [-0.15, -0.1) is 0 Å². The van der Waals surface area contributed by atoms with E-state index in [0.717, 1.165) is 5.56 Å². The molecule has 1 amide bonds. The molecule has 20 heavy (non-hydrogen) atoms. The monoisotopic (exact) mass is 295 g/mol.